The Labute approximate surface area is 105 Å². The van der Waals surface area contributed by atoms with Crippen molar-refractivity contribution in [1.29, 1.82) is 0 Å². The quantitative estimate of drug-likeness (QED) is 0.696. The topological polar surface area (TPSA) is 40.5 Å². The highest BCUT2D eigenvalue weighted by atomic mass is 16.3. The van der Waals surface area contributed by atoms with Crippen molar-refractivity contribution >= 4 is 5.91 Å². The molecule has 17 heavy (non-hydrogen) atoms. The molecule has 0 aromatic carbocycles. The Morgan fingerprint density at radius 1 is 1.29 bits per heavy atom. The van der Waals surface area contributed by atoms with Crippen LogP contribution in [0.1, 0.15) is 58.8 Å². The molecule has 1 saturated heterocycles. The van der Waals surface area contributed by atoms with E-state index >= 15 is 0 Å². The summed E-state index contributed by atoms with van der Waals surface area (Å²) >= 11 is 0. The maximum absolute atomic E-state index is 12.0. The zero-order valence-electron chi connectivity index (χ0n) is 11.3. The molecule has 1 fully saturated rings. The van der Waals surface area contributed by atoms with E-state index < -0.39 is 0 Å². The molecule has 0 spiro atoms. The minimum atomic E-state index is 0.0677. The molecule has 1 amide bonds. The number of carbonyl (C=O) groups excluding carboxylic acids is 1. The zero-order chi connectivity index (χ0) is 12.7. The number of nitrogens with zero attached hydrogens (tertiary/aromatic N) is 1. The molecule has 1 N–H and O–H groups in total. The van der Waals surface area contributed by atoms with E-state index in [1.807, 2.05) is 4.90 Å². The summed E-state index contributed by atoms with van der Waals surface area (Å²) in [5.41, 5.74) is 0. The van der Waals surface area contributed by atoms with E-state index in [1.165, 1.54) is 19.3 Å². The highest BCUT2D eigenvalue weighted by molar-refractivity contribution is 5.76. The monoisotopic (exact) mass is 241 g/mol. The molecule has 1 aliphatic rings. The van der Waals surface area contributed by atoms with Crippen LogP contribution >= 0.6 is 0 Å². The highest BCUT2D eigenvalue weighted by Crippen LogP contribution is 2.24. The number of rotatable bonds is 7. The van der Waals surface area contributed by atoms with Gasteiger partial charge in [0.25, 0.3) is 0 Å². The molecule has 0 aromatic rings. The highest BCUT2D eigenvalue weighted by Gasteiger charge is 2.33. The first kappa shape index (κ1) is 14.5. The van der Waals surface area contributed by atoms with Gasteiger partial charge in [0.05, 0.1) is 12.6 Å². The van der Waals surface area contributed by atoms with E-state index in [4.69, 9.17) is 0 Å². The van der Waals surface area contributed by atoms with Crippen molar-refractivity contribution < 1.29 is 9.90 Å². The molecule has 3 heteroatoms. The molecule has 0 saturated carbocycles. The minimum Gasteiger partial charge on any atom is -0.394 e. The standard InChI is InChI=1S/C14H27NO2/c1-3-4-5-6-7-8-14(17)15-10-9-12(2)13(15)11-16/h12-13,16H,3-11H2,1-2H3. The summed E-state index contributed by atoms with van der Waals surface area (Å²) < 4.78 is 0. The van der Waals surface area contributed by atoms with Crippen LogP contribution in [0.15, 0.2) is 0 Å². The Hall–Kier alpha value is -0.570. The van der Waals surface area contributed by atoms with Crippen LogP contribution in [-0.4, -0.2) is 35.1 Å². The molecule has 0 radical (unpaired) electrons. The lowest BCUT2D eigenvalue weighted by molar-refractivity contribution is -0.133. The predicted molar refractivity (Wildman–Crippen MR) is 69.7 cm³/mol. The van der Waals surface area contributed by atoms with E-state index in [-0.39, 0.29) is 18.6 Å². The second-order valence-electron chi connectivity index (χ2n) is 5.27. The number of hydrogen-bond donors (Lipinski definition) is 1. The second-order valence-corrected chi connectivity index (χ2v) is 5.27. The molecule has 0 aromatic heterocycles. The zero-order valence-corrected chi connectivity index (χ0v) is 11.3. The van der Waals surface area contributed by atoms with Gasteiger partial charge in [-0.1, -0.05) is 39.5 Å². The molecule has 1 heterocycles. The Kier molecular flexibility index (Phi) is 6.56. The summed E-state index contributed by atoms with van der Waals surface area (Å²) in [7, 11) is 0. The average molecular weight is 241 g/mol. The largest absolute Gasteiger partial charge is 0.394 e. The third kappa shape index (κ3) is 4.30. The molecule has 3 nitrogen and oxygen atoms in total. The Balaban J connectivity index is 2.23. The van der Waals surface area contributed by atoms with Gasteiger partial charge in [-0.25, -0.2) is 0 Å². The van der Waals surface area contributed by atoms with Gasteiger partial charge in [-0.2, -0.15) is 0 Å². The molecular formula is C14H27NO2. The van der Waals surface area contributed by atoms with Crippen molar-refractivity contribution in [3.63, 3.8) is 0 Å². The van der Waals surface area contributed by atoms with E-state index in [0.29, 0.717) is 12.3 Å². The van der Waals surface area contributed by atoms with E-state index in [2.05, 4.69) is 13.8 Å². The van der Waals surface area contributed by atoms with Crippen LogP contribution in [0.25, 0.3) is 0 Å². The van der Waals surface area contributed by atoms with Crippen LogP contribution in [0.5, 0.6) is 0 Å². The molecule has 1 rings (SSSR count). The summed E-state index contributed by atoms with van der Waals surface area (Å²) in [6, 6.07) is 0.0677. The minimum absolute atomic E-state index is 0.0677. The van der Waals surface area contributed by atoms with Crippen molar-refractivity contribution in [2.45, 2.75) is 64.8 Å². The first-order valence-corrected chi connectivity index (χ1v) is 7.11. The van der Waals surface area contributed by atoms with Crippen LogP contribution in [0, 0.1) is 5.92 Å². The van der Waals surface area contributed by atoms with Gasteiger partial charge < -0.3 is 10.0 Å². The maximum Gasteiger partial charge on any atom is 0.222 e. The van der Waals surface area contributed by atoms with Crippen LogP contribution in [-0.2, 0) is 4.79 Å². The summed E-state index contributed by atoms with van der Waals surface area (Å²) in [5, 5.41) is 9.30. The fourth-order valence-electron chi connectivity index (χ4n) is 2.62. The fraction of sp³-hybridized carbons (Fsp3) is 0.929. The maximum atomic E-state index is 12.0. The Morgan fingerprint density at radius 3 is 2.65 bits per heavy atom. The predicted octanol–water partition coefficient (Wildman–Crippen LogP) is 2.58. The lowest BCUT2D eigenvalue weighted by Gasteiger charge is -2.25. The number of likely N-dealkylation sites (tertiary alicyclic amines) is 1. The van der Waals surface area contributed by atoms with E-state index in [9.17, 15) is 9.90 Å². The number of aliphatic hydroxyl groups is 1. The first-order chi connectivity index (χ1) is 8.20. The summed E-state index contributed by atoms with van der Waals surface area (Å²) in [5.74, 6) is 0.689. The molecule has 1 aliphatic heterocycles. The van der Waals surface area contributed by atoms with Gasteiger partial charge in [-0.3, -0.25) is 4.79 Å². The van der Waals surface area contributed by atoms with Crippen molar-refractivity contribution in [3.05, 3.63) is 0 Å². The Bertz CT molecular complexity index is 230. The van der Waals surface area contributed by atoms with E-state index in [0.717, 1.165) is 25.8 Å². The molecular weight excluding hydrogens is 214 g/mol. The smallest absolute Gasteiger partial charge is 0.222 e. The SMILES string of the molecule is CCCCCCCC(=O)N1CCC(C)C1CO. The number of amides is 1. The van der Waals surface area contributed by atoms with Crippen molar-refractivity contribution in [3.8, 4) is 0 Å². The Morgan fingerprint density at radius 2 is 2.00 bits per heavy atom. The lowest BCUT2D eigenvalue weighted by atomic mass is 10.0. The summed E-state index contributed by atoms with van der Waals surface area (Å²) in [6.07, 6.45) is 7.61. The lowest BCUT2D eigenvalue weighted by Crippen LogP contribution is -2.39. The van der Waals surface area contributed by atoms with Gasteiger partial charge in [0.15, 0.2) is 0 Å². The molecule has 2 atom stereocenters. The number of carbonyl (C=O) groups is 1. The van der Waals surface area contributed by atoms with Crippen LogP contribution in [0.2, 0.25) is 0 Å². The molecule has 2 unspecified atom stereocenters. The molecule has 0 bridgehead atoms. The van der Waals surface area contributed by atoms with Crippen molar-refractivity contribution in [2.24, 2.45) is 5.92 Å². The van der Waals surface area contributed by atoms with Crippen molar-refractivity contribution in [2.75, 3.05) is 13.2 Å². The number of unbranched alkanes of at least 4 members (excludes halogenated alkanes) is 4. The first-order valence-electron chi connectivity index (χ1n) is 7.11. The van der Waals surface area contributed by atoms with E-state index in [1.54, 1.807) is 0 Å². The fourth-order valence-corrected chi connectivity index (χ4v) is 2.62. The van der Waals surface area contributed by atoms with Crippen LogP contribution < -0.4 is 0 Å². The van der Waals surface area contributed by atoms with Gasteiger partial charge in [0, 0.05) is 13.0 Å². The van der Waals surface area contributed by atoms with Gasteiger partial charge in [0.2, 0.25) is 5.91 Å². The molecule has 100 valence electrons. The third-order valence-corrected chi connectivity index (χ3v) is 3.88. The second kappa shape index (κ2) is 7.70. The van der Waals surface area contributed by atoms with Crippen LogP contribution in [0.4, 0.5) is 0 Å². The van der Waals surface area contributed by atoms with Crippen LogP contribution in [0.3, 0.4) is 0 Å². The van der Waals surface area contributed by atoms with Gasteiger partial charge >= 0.3 is 0 Å². The third-order valence-electron chi connectivity index (χ3n) is 3.88. The van der Waals surface area contributed by atoms with Gasteiger partial charge in [0.1, 0.15) is 0 Å². The summed E-state index contributed by atoms with van der Waals surface area (Å²) in [6.45, 7) is 5.26. The number of aliphatic hydroxyl groups excluding tert-OH is 1. The molecule has 0 aliphatic carbocycles. The van der Waals surface area contributed by atoms with Gasteiger partial charge in [-0.05, 0) is 18.8 Å². The number of hydrogen-bond acceptors (Lipinski definition) is 2. The normalized spacial score (nSPS) is 24.3. The summed E-state index contributed by atoms with van der Waals surface area (Å²) in [4.78, 5) is 13.9. The average Bonchev–Trinajstić information content (AvgIpc) is 2.70. The van der Waals surface area contributed by atoms with Crippen molar-refractivity contribution in [1.82, 2.24) is 4.90 Å². The van der Waals surface area contributed by atoms with Gasteiger partial charge in [-0.15, -0.1) is 0 Å².